The SMILES string of the molecule is CCc1c(C)[n+](CCN2CCCCC2)c2n(c1=O)C1C=CC=CC1=N2. The molecule has 2 aliphatic heterocycles. The third kappa shape index (κ3) is 2.80. The number of piperidine rings is 1. The smallest absolute Gasteiger partial charge is 0.300 e. The summed E-state index contributed by atoms with van der Waals surface area (Å²) in [6.45, 7) is 8.45. The van der Waals surface area contributed by atoms with Crippen molar-refractivity contribution in [3.63, 3.8) is 0 Å². The maximum atomic E-state index is 13.0. The number of aromatic nitrogens is 2. The lowest BCUT2D eigenvalue weighted by molar-refractivity contribution is -0.693. The van der Waals surface area contributed by atoms with Gasteiger partial charge in [-0.2, -0.15) is 4.57 Å². The van der Waals surface area contributed by atoms with Crippen molar-refractivity contribution < 1.29 is 4.57 Å². The van der Waals surface area contributed by atoms with Crippen LogP contribution in [-0.2, 0) is 13.0 Å². The van der Waals surface area contributed by atoms with Gasteiger partial charge in [-0.3, -0.25) is 4.79 Å². The van der Waals surface area contributed by atoms with Gasteiger partial charge in [-0.1, -0.05) is 30.5 Å². The Bertz CT molecular complexity index is 825. The van der Waals surface area contributed by atoms with E-state index in [2.05, 4.69) is 29.4 Å². The van der Waals surface area contributed by atoms with E-state index in [9.17, 15) is 4.79 Å². The van der Waals surface area contributed by atoms with Gasteiger partial charge in [0, 0.05) is 6.54 Å². The molecule has 0 saturated carbocycles. The van der Waals surface area contributed by atoms with Crippen LogP contribution in [0.1, 0.15) is 43.5 Å². The highest BCUT2D eigenvalue weighted by molar-refractivity contribution is 6.03. The normalized spacial score (nSPS) is 22.0. The lowest BCUT2D eigenvalue weighted by Gasteiger charge is -2.26. The third-order valence-electron chi connectivity index (χ3n) is 5.70. The minimum absolute atomic E-state index is 0.0420. The van der Waals surface area contributed by atoms with E-state index in [0.29, 0.717) is 0 Å². The molecule has 1 aliphatic carbocycles. The van der Waals surface area contributed by atoms with Crippen LogP contribution >= 0.6 is 0 Å². The fourth-order valence-electron chi connectivity index (χ4n) is 4.26. The van der Waals surface area contributed by atoms with Crippen LogP contribution < -0.4 is 10.1 Å². The summed E-state index contributed by atoms with van der Waals surface area (Å²) in [7, 11) is 0. The summed E-state index contributed by atoms with van der Waals surface area (Å²) in [5.41, 5.74) is 3.08. The Labute approximate surface area is 149 Å². The van der Waals surface area contributed by atoms with Crippen LogP contribution in [0, 0.1) is 6.92 Å². The van der Waals surface area contributed by atoms with Gasteiger partial charge in [0.25, 0.3) is 0 Å². The zero-order chi connectivity index (χ0) is 17.4. The van der Waals surface area contributed by atoms with E-state index in [0.717, 1.165) is 42.4 Å². The Kier molecular flexibility index (Phi) is 4.42. The Morgan fingerprint density at radius 1 is 1.24 bits per heavy atom. The van der Waals surface area contributed by atoms with Crippen LogP contribution in [0.25, 0.3) is 0 Å². The first-order valence-electron chi connectivity index (χ1n) is 9.54. The standard InChI is InChI=1S/C20H27N4O/c1-3-16-15(2)23(14-13-22-11-7-4-8-12-22)20-21-17-9-5-6-10-18(17)24(20)19(16)25/h5-6,9-10,18H,3-4,7-8,11-14H2,1-2H3/q+1. The summed E-state index contributed by atoms with van der Waals surface area (Å²) in [6.07, 6.45) is 12.8. The molecule has 1 saturated heterocycles. The molecule has 0 amide bonds. The highest BCUT2D eigenvalue weighted by Crippen LogP contribution is 2.27. The Hall–Kier alpha value is -2.01. The predicted molar refractivity (Wildman–Crippen MR) is 99.7 cm³/mol. The second kappa shape index (κ2) is 6.71. The van der Waals surface area contributed by atoms with Crippen LogP contribution in [0.2, 0.25) is 0 Å². The number of aliphatic imine (C=N–C) groups is 1. The number of likely N-dealkylation sites (tertiary alicyclic amines) is 1. The highest BCUT2D eigenvalue weighted by Gasteiger charge is 2.38. The fourth-order valence-corrected chi connectivity index (χ4v) is 4.26. The summed E-state index contributed by atoms with van der Waals surface area (Å²) < 4.78 is 4.15. The molecule has 3 aliphatic rings. The predicted octanol–water partition coefficient (Wildman–Crippen LogP) is 2.25. The van der Waals surface area contributed by atoms with Gasteiger partial charge in [-0.05, 0) is 51.4 Å². The molecule has 4 rings (SSSR count). The van der Waals surface area contributed by atoms with Crippen LogP contribution in [0.4, 0.5) is 5.95 Å². The zero-order valence-corrected chi connectivity index (χ0v) is 15.2. The molecule has 0 N–H and O–H groups in total. The zero-order valence-electron chi connectivity index (χ0n) is 15.2. The summed E-state index contributed by atoms with van der Waals surface area (Å²) in [5, 5.41) is 0. The summed E-state index contributed by atoms with van der Waals surface area (Å²) in [4.78, 5) is 20.4. The molecule has 1 aromatic heterocycles. The summed E-state index contributed by atoms with van der Waals surface area (Å²) in [6, 6.07) is -0.0420. The van der Waals surface area contributed by atoms with E-state index >= 15 is 0 Å². The maximum Gasteiger partial charge on any atom is 0.403 e. The third-order valence-corrected chi connectivity index (χ3v) is 5.70. The van der Waals surface area contributed by atoms with Crippen molar-refractivity contribution in [3.05, 3.63) is 45.9 Å². The van der Waals surface area contributed by atoms with Crippen molar-refractivity contribution in [2.45, 2.75) is 52.1 Å². The number of fused-ring (bicyclic) bond motifs is 3. The van der Waals surface area contributed by atoms with Crippen molar-refractivity contribution in [3.8, 4) is 0 Å². The molecule has 1 atom stereocenters. The van der Waals surface area contributed by atoms with Gasteiger partial charge in [0.05, 0.1) is 17.8 Å². The molecule has 5 heteroatoms. The first-order valence-corrected chi connectivity index (χ1v) is 9.54. The minimum Gasteiger partial charge on any atom is -0.300 e. The number of hydrogen-bond acceptors (Lipinski definition) is 3. The lowest BCUT2D eigenvalue weighted by Crippen LogP contribution is -2.49. The Morgan fingerprint density at radius 2 is 2.04 bits per heavy atom. The molecule has 0 radical (unpaired) electrons. The molecule has 0 bridgehead atoms. The van der Waals surface area contributed by atoms with E-state index in [1.807, 2.05) is 22.8 Å². The van der Waals surface area contributed by atoms with E-state index in [1.54, 1.807) is 0 Å². The van der Waals surface area contributed by atoms with Gasteiger partial charge in [0.15, 0.2) is 11.8 Å². The van der Waals surface area contributed by atoms with E-state index in [-0.39, 0.29) is 11.6 Å². The van der Waals surface area contributed by atoms with Gasteiger partial charge in [-0.25, -0.2) is 4.57 Å². The number of rotatable bonds is 4. The van der Waals surface area contributed by atoms with E-state index in [1.165, 1.54) is 32.4 Å². The van der Waals surface area contributed by atoms with Crippen molar-refractivity contribution >= 4 is 11.7 Å². The van der Waals surface area contributed by atoms with Gasteiger partial charge >= 0.3 is 11.5 Å². The molecule has 5 nitrogen and oxygen atoms in total. The van der Waals surface area contributed by atoms with Crippen molar-refractivity contribution in [2.75, 3.05) is 19.6 Å². The Balaban J connectivity index is 1.74. The van der Waals surface area contributed by atoms with E-state index < -0.39 is 0 Å². The number of nitrogens with zero attached hydrogens (tertiary/aromatic N) is 4. The first-order chi connectivity index (χ1) is 12.2. The van der Waals surface area contributed by atoms with Gasteiger partial charge < -0.3 is 4.90 Å². The minimum atomic E-state index is -0.0420. The molecule has 0 aromatic carbocycles. The topological polar surface area (TPSA) is 41.5 Å². The van der Waals surface area contributed by atoms with Crippen LogP contribution in [0.5, 0.6) is 0 Å². The molecular formula is C20H27N4O+. The number of hydrogen-bond donors (Lipinski definition) is 0. The van der Waals surface area contributed by atoms with Crippen LogP contribution in [-0.4, -0.2) is 34.8 Å². The van der Waals surface area contributed by atoms with Gasteiger partial charge in [-0.15, -0.1) is 0 Å². The molecule has 25 heavy (non-hydrogen) atoms. The fraction of sp³-hybridized carbons (Fsp3) is 0.550. The lowest BCUT2D eigenvalue weighted by atomic mass is 10.1. The molecule has 1 unspecified atom stereocenters. The quantitative estimate of drug-likeness (QED) is 0.790. The summed E-state index contributed by atoms with van der Waals surface area (Å²) >= 11 is 0. The second-order valence-electron chi connectivity index (χ2n) is 7.17. The van der Waals surface area contributed by atoms with Crippen molar-refractivity contribution in [1.29, 1.82) is 0 Å². The average Bonchev–Trinajstić information content (AvgIpc) is 3.02. The van der Waals surface area contributed by atoms with Crippen molar-refractivity contribution in [2.24, 2.45) is 4.99 Å². The van der Waals surface area contributed by atoms with Gasteiger partial charge in [0.1, 0.15) is 0 Å². The number of allylic oxidation sites excluding steroid dienone is 4. The Morgan fingerprint density at radius 3 is 2.80 bits per heavy atom. The molecule has 1 aromatic rings. The van der Waals surface area contributed by atoms with Gasteiger partial charge in [0.2, 0.25) is 0 Å². The maximum absolute atomic E-state index is 13.0. The van der Waals surface area contributed by atoms with E-state index in [4.69, 9.17) is 4.99 Å². The molecular weight excluding hydrogens is 312 g/mol. The van der Waals surface area contributed by atoms with Crippen LogP contribution in [0.3, 0.4) is 0 Å². The van der Waals surface area contributed by atoms with Crippen molar-refractivity contribution in [1.82, 2.24) is 9.47 Å². The average molecular weight is 339 g/mol. The van der Waals surface area contributed by atoms with Crippen LogP contribution in [0.15, 0.2) is 34.1 Å². The monoisotopic (exact) mass is 339 g/mol. The molecule has 3 heterocycles. The summed E-state index contributed by atoms with van der Waals surface area (Å²) in [5.74, 6) is 0.813. The largest absolute Gasteiger partial charge is 0.403 e. The molecule has 132 valence electrons. The molecule has 1 fully saturated rings. The first kappa shape index (κ1) is 16.5. The highest BCUT2D eigenvalue weighted by atomic mass is 16.1. The second-order valence-corrected chi connectivity index (χ2v) is 7.17. The molecule has 0 spiro atoms.